The van der Waals surface area contributed by atoms with Crippen molar-refractivity contribution in [2.45, 2.75) is 57.9 Å². The predicted molar refractivity (Wildman–Crippen MR) is 82.1 cm³/mol. The van der Waals surface area contributed by atoms with E-state index in [0.29, 0.717) is 11.9 Å². The second-order valence-corrected chi connectivity index (χ2v) is 6.32. The number of fused-ring (bicyclic) bond motifs is 1. The van der Waals surface area contributed by atoms with Crippen molar-refractivity contribution >= 4 is 22.8 Å². The van der Waals surface area contributed by atoms with Crippen molar-refractivity contribution in [2.75, 3.05) is 0 Å². The Morgan fingerprint density at radius 1 is 1.40 bits per heavy atom. The van der Waals surface area contributed by atoms with Gasteiger partial charge in [-0.3, -0.25) is 4.68 Å². The van der Waals surface area contributed by atoms with E-state index in [-0.39, 0.29) is 0 Å². The lowest BCUT2D eigenvalue weighted by molar-refractivity contribution is 0.469. The van der Waals surface area contributed by atoms with Crippen LogP contribution in [0.4, 0.5) is 0 Å². The third-order valence-corrected chi connectivity index (χ3v) is 4.47. The Kier molecular flexibility index (Phi) is 3.76. The van der Waals surface area contributed by atoms with Gasteiger partial charge in [0.1, 0.15) is 11.3 Å². The maximum atomic E-state index is 6.13. The molecule has 1 unspecified atom stereocenters. The second-order valence-electron chi connectivity index (χ2n) is 6.05. The van der Waals surface area contributed by atoms with Gasteiger partial charge in [0, 0.05) is 13.1 Å². The van der Waals surface area contributed by atoms with Gasteiger partial charge in [0.2, 0.25) is 0 Å². The van der Waals surface area contributed by atoms with Gasteiger partial charge in [-0.1, -0.05) is 26.2 Å². The molecular weight excluding hydrogens is 272 g/mol. The molecule has 0 aromatic carbocycles. The van der Waals surface area contributed by atoms with Crippen LogP contribution in [-0.2, 0) is 19.3 Å². The maximum Gasteiger partial charge on any atom is 0.158 e. The van der Waals surface area contributed by atoms with Crippen molar-refractivity contribution in [3.63, 3.8) is 0 Å². The summed E-state index contributed by atoms with van der Waals surface area (Å²) in [6, 6.07) is 0.450. The van der Waals surface area contributed by atoms with Crippen molar-refractivity contribution in [3.05, 3.63) is 11.5 Å². The molecule has 1 fully saturated rings. The number of alkyl halides is 1. The highest BCUT2D eigenvalue weighted by molar-refractivity contribution is 6.16. The molecule has 20 heavy (non-hydrogen) atoms. The Hall–Kier alpha value is -1.03. The molecule has 5 heteroatoms. The predicted octanol–water partition coefficient (Wildman–Crippen LogP) is 3.82. The van der Waals surface area contributed by atoms with E-state index in [1.54, 1.807) is 0 Å². The van der Waals surface area contributed by atoms with Gasteiger partial charge in [-0.2, -0.15) is 5.10 Å². The van der Waals surface area contributed by atoms with Crippen LogP contribution in [0, 0.1) is 5.92 Å². The molecule has 0 spiro atoms. The molecule has 0 bridgehead atoms. The summed E-state index contributed by atoms with van der Waals surface area (Å²) in [4.78, 5) is 4.77. The lowest BCUT2D eigenvalue weighted by Gasteiger charge is -2.16. The van der Waals surface area contributed by atoms with Gasteiger partial charge in [-0.05, 0) is 25.7 Å². The van der Waals surface area contributed by atoms with E-state index in [0.717, 1.165) is 41.4 Å². The Labute approximate surface area is 125 Å². The summed E-state index contributed by atoms with van der Waals surface area (Å²) in [6.45, 7) is 4.46. The molecule has 1 aliphatic carbocycles. The molecule has 110 valence electrons. The zero-order valence-corrected chi connectivity index (χ0v) is 13.3. The fourth-order valence-corrected chi connectivity index (χ4v) is 3.34. The van der Waals surface area contributed by atoms with Crippen LogP contribution in [0.5, 0.6) is 0 Å². The smallest absolute Gasteiger partial charge is 0.158 e. The highest BCUT2D eigenvalue weighted by atomic mass is 35.5. The molecule has 0 saturated heterocycles. The topological polar surface area (TPSA) is 35.6 Å². The second kappa shape index (κ2) is 5.40. The summed E-state index contributed by atoms with van der Waals surface area (Å²) < 4.78 is 4.29. The number of hydrogen-bond acceptors (Lipinski definition) is 2. The van der Waals surface area contributed by atoms with Gasteiger partial charge in [-0.25, -0.2) is 4.98 Å². The number of halogens is 1. The van der Waals surface area contributed by atoms with E-state index in [4.69, 9.17) is 16.6 Å². The zero-order valence-electron chi connectivity index (χ0n) is 12.6. The van der Waals surface area contributed by atoms with Crippen molar-refractivity contribution in [1.82, 2.24) is 19.3 Å². The number of hydrogen-bond donors (Lipinski definition) is 0. The van der Waals surface area contributed by atoms with Gasteiger partial charge in [0.05, 0.1) is 11.6 Å². The molecule has 0 amide bonds. The normalized spacial score (nSPS) is 17.0. The van der Waals surface area contributed by atoms with Crippen LogP contribution in [-0.4, -0.2) is 19.3 Å². The van der Waals surface area contributed by atoms with Gasteiger partial charge in [-0.15, -0.1) is 11.6 Å². The summed E-state index contributed by atoms with van der Waals surface area (Å²) in [5.41, 5.74) is 3.29. The van der Waals surface area contributed by atoms with E-state index < -0.39 is 0 Å². The number of imidazole rings is 1. The van der Waals surface area contributed by atoms with Crippen LogP contribution in [0.15, 0.2) is 0 Å². The standard InChI is InChI=1S/C15H23ClN4/c1-4-5-12-14-15(19(3)18-12)20(13(9-16)17-14)10(2)8-11-6-7-11/h10-11H,4-9H2,1-3H3. The summed E-state index contributed by atoms with van der Waals surface area (Å²) in [7, 11) is 2.02. The zero-order chi connectivity index (χ0) is 14.3. The van der Waals surface area contributed by atoms with Gasteiger partial charge in [0.25, 0.3) is 0 Å². The Balaban J connectivity index is 2.07. The molecular formula is C15H23ClN4. The van der Waals surface area contributed by atoms with Crippen molar-refractivity contribution in [2.24, 2.45) is 13.0 Å². The van der Waals surface area contributed by atoms with Crippen molar-refractivity contribution in [1.29, 1.82) is 0 Å². The number of nitrogens with zero attached hydrogens (tertiary/aromatic N) is 4. The van der Waals surface area contributed by atoms with E-state index in [1.807, 2.05) is 11.7 Å². The molecule has 2 heterocycles. The molecule has 0 radical (unpaired) electrons. The molecule has 0 N–H and O–H groups in total. The summed E-state index contributed by atoms with van der Waals surface area (Å²) in [5.74, 6) is 2.35. The fraction of sp³-hybridized carbons (Fsp3) is 0.733. The average molecular weight is 295 g/mol. The van der Waals surface area contributed by atoms with Crippen LogP contribution in [0.25, 0.3) is 11.2 Å². The van der Waals surface area contributed by atoms with Crippen LogP contribution >= 0.6 is 11.6 Å². The first-order valence-corrected chi connectivity index (χ1v) is 8.17. The molecule has 2 aromatic heterocycles. The van der Waals surface area contributed by atoms with Crippen LogP contribution in [0.1, 0.15) is 57.1 Å². The molecule has 1 atom stereocenters. The van der Waals surface area contributed by atoms with E-state index >= 15 is 0 Å². The number of aryl methyl sites for hydroxylation is 2. The Morgan fingerprint density at radius 2 is 2.15 bits per heavy atom. The minimum absolute atomic E-state index is 0.450. The van der Waals surface area contributed by atoms with Gasteiger partial charge < -0.3 is 4.57 Å². The van der Waals surface area contributed by atoms with Crippen molar-refractivity contribution < 1.29 is 0 Å². The average Bonchev–Trinajstić information content (AvgIpc) is 3.06. The van der Waals surface area contributed by atoms with Crippen LogP contribution < -0.4 is 0 Å². The first-order chi connectivity index (χ1) is 9.65. The lowest BCUT2D eigenvalue weighted by Crippen LogP contribution is -2.12. The van der Waals surface area contributed by atoms with Crippen LogP contribution in [0.3, 0.4) is 0 Å². The summed E-state index contributed by atoms with van der Waals surface area (Å²) in [5, 5.41) is 4.64. The van der Waals surface area contributed by atoms with Crippen molar-refractivity contribution in [3.8, 4) is 0 Å². The van der Waals surface area contributed by atoms with Gasteiger partial charge >= 0.3 is 0 Å². The quantitative estimate of drug-likeness (QED) is 0.759. The number of rotatable bonds is 6. The number of aromatic nitrogens is 4. The van der Waals surface area contributed by atoms with Crippen LogP contribution in [0.2, 0.25) is 0 Å². The summed E-state index contributed by atoms with van der Waals surface area (Å²) in [6.07, 6.45) is 6.05. The maximum absolute atomic E-state index is 6.13. The monoisotopic (exact) mass is 294 g/mol. The lowest BCUT2D eigenvalue weighted by atomic mass is 10.1. The first-order valence-electron chi connectivity index (χ1n) is 7.64. The molecule has 0 aliphatic heterocycles. The Bertz CT molecular complexity index is 609. The third-order valence-electron chi connectivity index (χ3n) is 4.23. The highest BCUT2D eigenvalue weighted by Gasteiger charge is 2.27. The van der Waals surface area contributed by atoms with E-state index in [9.17, 15) is 0 Å². The SMILES string of the molecule is CCCc1nn(C)c2c1nc(CCl)n2C(C)CC1CC1. The Morgan fingerprint density at radius 3 is 2.75 bits per heavy atom. The molecule has 3 rings (SSSR count). The molecule has 2 aromatic rings. The highest BCUT2D eigenvalue weighted by Crippen LogP contribution is 2.38. The van der Waals surface area contributed by atoms with E-state index in [2.05, 4.69) is 23.5 Å². The largest absolute Gasteiger partial charge is 0.309 e. The molecule has 1 saturated carbocycles. The third kappa shape index (κ3) is 2.34. The van der Waals surface area contributed by atoms with Gasteiger partial charge in [0.15, 0.2) is 5.65 Å². The fourth-order valence-electron chi connectivity index (χ4n) is 3.15. The minimum atomic E-state index is 0.450. The molecule has 4 nitrogen and oxygen atoms in total. The minimum Gasteiger partial charge on any atom is -0.309 e. The van der Waals surface area contributed by atoms with E-state index in [1.165, 1.54) is 19.3 Å². The molecule has 1 aliphatic rings. The summed E-state index contributed by atoms with van der Waals surface area (Å²) >= 11 is 6.13. The first kappa shape index (κ1) is 13.9.